The number of thioether (sulfide) groups is 1. The Kier molecular flexibility index (Phi) is 6.03. The van der Waals surface area contributed by atoms with E-state index in [1.807, 2.05) is 0 Å². The Morgan fingerprint density at radius 3 is 2.71 bits per heavy atom. The van der Waals surface area contributed by atoms with E-state index in [2.05, 4.69) is 5.32 Å². The summed E-state index contributed by atoms with van der Waals surface area (Å²) in [5, 5.41) is 3.08. The zero-order valence-electron chi connectivity index (χ0n) is 8.63. The van der Waals surface area contributed by atoms with E-state index in [1.165, 1.54) is 19.3 Å². The van der Waals surface area contributed by atoms with Crippen molar-refractivity contribution in [3.63, 3.8) is 0 Å². The van der Waals surface area contributed by atoms with Gasteiger partial charge in [0.15, 0.2) is 0 Å². The van der Waals surface area contributed by atoms with Crippen LogP contribution in [0, 0.1) is 0 Å². The fourth-order valence-electron chi connectivity index (χ4n) is 1.76. The number of nitrogens with one attached hydrogen (secondary N) is 1. The minimum atomic E-state index is 0.176. The fraction of sp³-hybridized carbons (Fsp3) is 0.900. The Morgan fingerprint density at radius 1 is 1.36 bits per heavy atom. The molecule has 1 rings (SSSR count). The van der Waals surface area contributed by atoms with Gasteiger partial charge in [0.25, 0.3) is 0 Å². The number of rotatable bonds is 5. The number of carbonyl (C=O) groups is 1. The highest BCUT2D eigenvalue weighted by molar-refractivity contribution is 7.99. The van der Waals surface area contributed by atoms with E-state index in [4.69, 9.17) is 5.73 Å². The van der Waals surface area contributed by atoms with E-state index in [0.29, 0.717) is 18.3 Å². The molecule has 0 atom stereocenters. The Bertz CT molecular complexity index is 170. The minimum absolute atomic E-state index is 0.176. The monoisotopic (exact) mass is 216 g/mol. The van der Waals surface area contributed by atoms with E-state index in [9.17, 15) is 4.79 Å². The predicted octanol–water partition coefficient (Wildman–Crippen LogP) is 1.13. The van der Waals surface area contributed by atoms with Gasteiger partial charge in [-0.2, -0.15) is 11.8 Å². The summed E-state index contributed by atoms with van der Waals surface area (Å²) in [7, 11) is 0. The number of hydrogen-bond donors (Lipinski definition) is 2. The van der Waals surface area contributed by atoms with Gasteiger partial charge in [0.05, 0.1) is 5.75 Å². The molecule has 3 N–H and O–H groups in total. The van der Waals surface area contributed by atoms with Crippen molar-refractivity contribution in [3.05, 3.63) is 0 Å². The lowest BCUT2D eigenvalue weighted by atomic mass is 9.95. The van der Waals surface area contributed by atoms with Crippen LogP contribution in [0.2, 0.25) is 0 Å². The highest BCUT2D eigenvalue weighted by Gasteiger charge is 2.14. The van der Waals surface area contributed by atoms with Gasteiger partial charge in [-0.3, -0.25) is 4.79 Å². The summed E-state index contributed by atoms with van der Waals surface area (Å²) >= 11 is 1.61. The maximum absolute atomic E-state index is 11.4. The molecule has 0 aliphatic heterocycles. The van der Waals surface area contributed by atoms with Crippen LogP contribution in [0.25, 0.3) is 0 Å². The standard InChI is InChI=1S/C10H20N2OS/c11-6-7-14-8-10(13)12-9-4-2-1-3-5-9/h9H,1-8,11H2,(H,12,13). The molecule has 14 heavy (non-hydrogen) atoms. The summed E-state index contributed by atoms with van der Waals surface area (Å²) in [5.41, 5.74) is 5.35. The average Bonchev–Trinajstić information content (AvgIpc) is 2.20. The van der Waals surface area contributed by atoms with Crippen molar-refractivity contribution in [2.24, 2.45) is 5.73 Å². The second kappa shape index (κ2) is 7.12. The fourth-order valence-corrected chi connectivity index (χ4v) is 2.34. The van der Waals surface area contributed by atoms with Crippen LogP contribution in [-0.4, -0.2) is 30.0 Å². The van der Waals surface area contributed by atoms with Crippen molar-refractivity contribution >= 4 is 17.7 Å². The van der Waals surface area contributed by atoms with Crippen molar-refractivity contribution in [2.75, 3.05) is 18.1 Å². The van der Waals surface area contributed by atoms with E-state index in [1.54, 1.807) is 11.8 Å². The minimum Gasteiger partial charge on any atom is -0.353 e. The first kappa shape index (κ1) is 11.9. The Balaban J connectivity index is 2.06. The molecule has 0 saturated heterocycles. The van der Waals surface area contributed by atoms with Crippen LogP contribution < -0.4 is 11.1 Å². The largest absolute Gasteiger partial charge is 0.353 e. The molecule has 0 bridgehead atoms. The third kappa shape index (κ3) is 4.86. The number of carbonyl (C=O) groups excluding carboxylic acids is 1. The van der Waals surface area contributed by atoms with Crippen molar-refractivity contribution in [1.29, 1.82) is 0 Å². The third-order valence-electron chi connectivity index (χ3n) is 2.47. The number of hydrogen-bond acceptors (Lipinski definition) is 3. The molecule has 0 aromatic heterocycles. The summed E-state index contributed by atoms with van der Waals surface area (Å²) in [6, 6.07) is 0.440. The summed E-state index contributed by atoms with van der Waals surface area (Å²) < 4.78 is 0. The van der Waals surface area contributed by atoms with E-state index in [-0.39, 0.29) is 5.91 Å². The van der Waals surface area contributed by atoms with Crippen molar-refractivity contribution in [2.45, 2.75) is 38.1 Å². The van der Waals surface area contributed by atoms with Crippen LogP contribution in [-0.2, 0) is 4.79 Å². The maximum atomic E-state index is 11.4. The lowest BCUT2D eigenvalue weighted by Gasteiger charge is -2.22. The molecule has 1 saturated carbocycles. The SMILES string of the molecule is NCCSCC(=O)NC1CCCCC1. The molecule has 82 valence electrons. The smallest absolute Gasteiger partial charge is 0.230 e. The number of nitrogens with two attached hydrogens (primary N) is 1. The first-order chi connectivity index (χ1) is 6.83. The Hall–Kier alpha value is -0.220. The first-order valence-electron chi connectivity index (χ1n) is 5.40. The summed E-state index contributed by atoms with van der Waals surface area (Å²) in [5.74, 6) is 1.61. The van der Waals surface area contributed by atoms with E-state index in [0.717, 1.165) is 18.6 Å². The van der Waals surface area contributed by atoms with Crippen LogP contribution in [0.5, 0.6) is 0 Å². The normalized spacial score (nSPS) is 18.1. The molecular formula is C10H20N2OS. The first-order valence-corrected chi connectivity index (χ1v) is 6.55. The molecule has 1 aliphatic rings. The molecule has 0 heterocycles. The summed E-state index contributed by atoms with van der Waals surface area (Å²) in [4.78, 5) is 11.4. The lowest BCUT2D eigenvalue weighted by molar-refractivity contribution is -0.119. The zero-order chi connectivity index (χ0) is 10.2. The predicted molar refractivity (Wildman–Crippen MR) is 61.4 cm³/mol. The molecular weight excluding hydrogens is 196 g/mol. The van der Waals surface area contributed by atoms with E-state index < -0.39 is 0 Å². The molecule has 0 radical (unpaired) electrons. The molecule has 0 aromatic rings. The molecule has 1 aliphatic carbocycles. The van der Waals surface area contributed by atoms with Crippen molar-refractivity contribution < 1.29 is 4.79 Å². The van der Waals surface area contributed by atoms with Gasteiger partial charge >= 0.3 is 0 Å². The average molecular weight is 216 g/mol. The molecule has 4 heteroatoms. The van der Waals surface area contributed by atoms with Crippen LogP contribution in [0.15, 0.2) is 0 Å². The second-order valence-electron chi connectivity index (χ2n) is 3.74. The Morgan fingerprint density at radius 2 is 2.07 bits per heavy atom. The number of amides is 1. The van der Waals surface area contributed by atoms with E-state index >= 15 is 0 Å². The van der Waals surface area contributed by atoms with Gasteiger partial charge in [-0.05, 0) is 12.8 Å². The van der Waals surface area contributed by atoms with Crippen molar-refractivity contribution in [3.8, 4) is 0 Å². The van der Waals surface area contributed by atoms with Crippen LogP contribution in [0.3, 0.4) is 0 Å². The second-order valence-corrected chi connectivity index (χ2v) is 4.85. The van der Waals surface area contributed by atoms with Crippen molar-refractivity contribution in [1.82, 2.24) is 5.32 Å². The van der Waals surface area contributed by atoms with Crippen LogP contribution in [0.4, 0.5) is 0 Å². The topological polar surface area (TPSA) is 55.1 Å². The van der Waals surface area contributed by atoms with Gasteiger partial charge in [0, 0.05) is 18.3 Å². The molecule has 1 fully saturated rings. The lowest BCUT2D eigenvalue weighted by Crippen LogP contribution is -2.37. The quantitative estimate of drug-likeness (QED) is 0.677. The summed E-state index contributed by atoms with van der Waals surface area (Å²) in [6.45, 7) is 0.654. The van der Waals surface area contributed by atoms with Gasteiger partial charge in [0.1, 0.15) is 0 Å². The van der Waals surface area contributed by atoms with Gasteiger partial charge < -0.3 is 11.1 Å². The highest BCUT2D eigenvalue weighted by atomic mass is 32.2. The van der Waals surface area contributed by atoms with Gasteiger partial charge in [-0.15, -0.1) is 0 Å². The Labute approximate surface area is 90.2 Å². The summed E-state index contributed by atoms with van der Waals surface area (Å²) in [6.07, 6.45) is 6.18. The maximum Gasteiger partial charge on any atom is 0.230 e. The highest BCUT2D eigenvalue weighted by Crippen LogP contribution is 2.17. The van der Waals surface area contributed by atoms with Crippen LogP contribution >= 0.6 is 11.8 Å². The van der Waals surface area contributed by atoms with Gasteiger partial charge in [-0.25, -0.2) is 0 Å². The van der Waals surface area contributed by atoms with Crippen LogP contribution in [0.1, 0.15) is 32.1 Å². The third-order valence-corrected chi connectivity index (χ3v) is 3.46. The van der Waals surface area contributed by atoms with Gasteiger partial charge in [0.2, 0.25) is 5.91 Å². The molecule has 3 nitrogen and oxygen atoms in total. The molecule has 0 aromatic carbocycles. The van der Waals surface area contributed by atoms with Gasteiger partial charge in [-0.1, -0.05) is 19.3 Å². The molecule has 1 amide bonds. The zero-order valence-corrected chi connectivity index (χ0v) is 9.44. The molecule has 0 spiro atoms. The molecule has 0 unspecified atom stereocenters.